The van der Waals surface area contributed by atoms with Gasteiger partial charge in [0.1, 0.15) is 5.75 Å². The summed E-state index contributed by atoms with van der Waals surface area (Å²) in [5, 5.41) is 9.43. The van der Waals surface area contributed by atoms with Gasteiger partial charge in [0.25, 0.3) is 0 Å². The van der Waals surface area contributed by atoms with Crippen LogP contribution < -0.4 is 20.7 Å². The van der Waals surface area contributed by atoms with E-state index in [9.17, 15) is 4.79 Å². The zero-order valence-electron chi connectivity index (χ0n) is 16.0. The largest absolute Gasteiger partial charge is 0.491 e. The summed E-state index contributed by atoms with van der Waals surface area (Å²) < 4.78 is 5.95. The van der Waals surface area contributed by atoms with Gasteiger partial charge in [0.05, 0.1) is 12.1 Å². The van der Waals surface area contributed by atoms with Gasteiger partial charge in [0.2, 0.25) is 0 Å². The van der Waals surface area contributed by atoms with Crippen molar-refractivity contribution >= 4 is 6.03 Å². The van der Waals surface area contributed by atoms with Crippen molar-refractivity contribution in [2.45, 2.75) is 51.3 Å². The van der Waals surface area contributed by atoms with E-state index in [1.54, 1.807) is 0 Å². The summed E-state index contributed by atoms with van der Waals surface area (Å²) in [5.41, 5.74) is 1.27. The molecule has 0 aromatic heterocycles. The van der Waals surface area contributed by atoms with Crippen molar-refractivity contribution in [1.29, 1.82) is 0 Å². The summed E-state index contributed by atoms with van der Waals surface area (Å²) in [6.07, 6.45) is 3.34. The number of aryl methyl sites for hydroxylation is 1. The van der Waals surface area contributed by atoms with Gasteiger partial charge in [-0.05, 0) is 44.7 Å². The quantitative estimate of drug-likeness (QED) is 0.661. The molecule has 6 heteroatoms. The van der Waals surface area contributed by atoms with Crippen molar-refractivity contribution in [3.63, 3.8) is 0 Å². The first kappa shape index (κ1) is 19.0. The van der Waals surface area contributed by atoms with Crippen LogP contribution in [0.3, 0.4) is 0 Å². The van der Waals surface area contributed by atoms with Crippen molar-refractivity contribution in [3.8, 4) is 5.75 Å². The third kappa shape index (κ3) is 5.11. The summed E-state index contributed by atoms with van der Waals surface area (Å²) in [4.78, 5) is 14.1. The molecule has 0 bridgehead atoms. The van der Waals surface area contributed by atoms with Gasteiger partial charge < -0.3 is 20.7 Å². The molecule has 0 radical (unpaired) electrons. The first-order chi connectivity index (χ1) is 12.6. The van der Waals surface area contributed by atoms with Crippen LogP contribution in [0.1, 0.15) is 32.3 Å². The van der Waals surface area contributed by atoms with Gasteiger partial charge in [-0.25, -0.2) is 4.79 Å². The zero-order chi connectivity index (χ0) is 18.4. The number of nitrogens with one attached hydrogen (secondary N) is 3. The van der Waals surface area contributed by atoms with Crippen molar-refractivity contribution in [1.82, 2.24) is 20.9 Å². The molecule has 2 aliphatic rings. The number of carbonyl (C=O) groups is 1. The predicted octanol–water partition coefficient (Wildman–Crippen LogP) is 1.75. The lowest BCUT2D eigenvalue weighted by Gasteiger charge is -2.38. The van der Waals surface area contributed by atoms with E-state index in [1.165, 1.54) is 5.56 Å². The van der Waals surface area contributed by atoms with E-state index >= 15 is 0 Å². The fourth-order valence-electron chi connectivity index (χ4n) is 3.94. The summed E-state index contributed by atoms with van der Waals surface area (Å²) in [5.74, 6) is 0.997. The number of ether oxygens (including phenoxy) is 1. The number of para-hydroxylation sites is 1. The molecule has 0 aliphatic carbocycles. The number of piperazine rings is 1. The summed E-state index contributed by atoms with van der Waals surface area (Å²) in [6.45, 7) is 8.99. The number of amides is 2. The second-order valence-electron chi connectivity index (χ2n) is 7.48. The van der Waals surface area contributed by atoms with Gasteiger partial charge in [0.15, 0.2) is 0 Å². The summed E-state index contributed by atoms with van der Waals surface area (Å²) in [7, 11) is 0. The minimum atomic E-state index is -0.0363. The highest BCUT2D eigenvalue weighted by molar-refractivity contribution is 5.76. The van der Waals surface area contributed by atoms with Gasteiger partial charge in [-0.2, -0.15) is 0 Å². The highest BCUT2D eigenvalue weighted by Gasteiger charge is 2.32. The third-order valence-electron chi connectivity index (χ3n) is 5.17. The molecule has 2 saturated heterocycles. The van der Waals surface area contributed by atoms with E-state index in [2.05, 4.69) is 52.9 Å². The number of carbonyl (C=O) groups excluding carboxylic acids is 1. The molecule has 144 valence electrons. The Balaban J connectivity index is 1.60. The van der Waals surface area contributed by atoms with E-state index in [0.717, 1.165) is 57.7 Å². The molecule has 2 heterocycles. The van der Waals surface area contributed by atoms with Crippen LogP contribution in [0.5, 0.6) is 5.75 Å². The Kier molecular flexibility index (Phi) is 6.74. The van der Waals surface area contributed by atoms with Crippen molar-refractivity contribution in [2.24, 2.45) is 0 Å². The van der Waals surface area contributed by atoms with E-state index in [4.69, 9.17) is 4.74 Å². The highest BCUT2D eigenvalue weighted by atomic mass is 16.5. The van der Waals surface area contributed by atoms with Crippen LogP contribution in [0, 0.1) is 0 Å². The number of urea groups is 1. The molecule has 6 nitrogen and oxygen atoms in total. The molecular weight excluding hydrogens is 328 g/mol. The molecule has 1 aromatic carbocycles. The second kappa shape index (κ2) is 9.24. The first-order valence-electron chi connectivity index (χ1n) is 9.87. The Labute approximate surface area is 156 Å². The predicted molar refractivity (Wildman–Crippen MR) is 104 cm³/mol. The van der Waals surface area contributed by atoms with E-state index < -0.39 is 0 Å². The standard InChI is InChI=1S/C20H32N4O2/c1-15(2)26-19-9-4-3-6-16(19)7-5-8-18(17-14-22-20(25)23-17)24-12-10-21-11-13-24/h3-4,6,9,15,17-18,21H,5,7-8,10-14H2,1-2H3,(H2,22,23,25). The number of benzene rings is 1. The van der Waals surface area contributed by atoms with Crippen LogP contribution in [0.4, 0.5) is 4.79 Å². The Morgan fingerprint density at radius 2 is 2.00 bits per heavy atom. The van der Waals surface area contributed by atoms with E-state index in [1.807, 2.05) is 6.07 Å². The minimum absolute atomic E-state index is 0.0363. The van der Waals surface area contributed by atoms with Crippen molar-refractivity contribution < 1.29 is 9.53 Å². The Morgan fingerprint density at radius 1 is 1.23 bits per heavy atom. The molecule has 2 unspecified atom stereocenters. The minimum Gasteiger partial charge on any atom is -0.491 e. The number of hydrogen-bond acceptors (Lipinski definition) is 4. The first-order valence-corrected chi connectivity index (χ1v) is 9.87. The van der Waals surface area contributed by atoms with E-state index in [0.29, 0.717) is 6.04 Å². The third-order valence-corrected chi connectivity index (χ3v) is 5.17. The smallest absolute Gasteiger partial charge is 0.315 e. The van der Waals surface area contributed by atoms with Crippen LogP contribution >= 0.6 is 0 Å². The Morgan fingerprint density at radius 3 is 2.69 bits per heavy atom. The molecule has 26 heavy (non-hydrogen) atoms. The van der Waals surface area contributed by atoms with Crippen LogP contribution in [0.25, 0.3) is 0 Å². The lowest BCUT2D eigenvalue weighted by atomic mass is 9.97. The number of rotatable bonds is 8. The second-order valence-corrected chi connectivity index (χ2v) is 7.48. The molecule has 0 spiro atoms. The topological polar surface area (TPSA) is 65.6 Å². The Hall–Kier alpha value is -1.79. The molecule has 0 saturated carbocycles. The zero-order valence-corrected chi connectivity index (χ0v) is 16.0. The molecule has 2 fully saturated rings. The normalized spacial score (nSPS) is 22.1. The van der Waals surface area contributed by atoms with Crippen molar-refractivity contribution in [3.05, 3.63) is 29.8 Å². The van der Waals surface area contributed by atoms with E-state index in [-0.39, 0.29) is 18.2 Å². The van der Waals surface area contributed by atoms with Crippen LogP contribution in [0.15, 0.2) is 24.3 Å². The maximum Gasteiger partial charge on any atom is 0.315 e. The lowest BCUT2D eigenvalue weighted by Crippen LogP contribution is -2.55. The molecule has 2 atom stereocenters. The van der Waals surface area contributed by atoms with Gasteiger partial charge >= 0.3 is 6.03 Å². The molecule has 2 aliphatic heterocycles. The maximum atomic E-state index is 11.6. The summed E-state index contributed by atoms with van der Waals surface area (Å²) >= 11 is 0. The van der Waals surface area contributed by atoms with Gasteiger partial charge in [-0.15, -0.1) is 0 Å². The Bertz CT molecular complexity index is 587. The van der Waals surface area contributed by atoms with Crippen LogP contribution in [0.2, 0.25) is 0 Å². The highest BCUT2D eigenvalue weighted by Crippen LogP contribution is 2.23. The van der Waals surface area contributed by atoms with Crippen molar-refractivity contribution in [2.75, 3.05) is 32.7 Å². The summed E-state index contributed by atoms with van der Waals surface area (Å²) in [6, 6.07) is 8.88. The molecule has 2 amide bonds. The average Bonchev–Trinajstić information content (AvgIpc) is 3.06. The molecule has 3 N–H and O–H groups in total. The number of nitrogens with zero attached hydrogens (tertiary/aromatic N) is 1. The number of hydrogen-bond donors (Lipinski definition) is 3. The average molecular weight is 361 g/mol. The lowest BCUT2D eigenvalue weighted by molar-refractivity contribution is 0.138. The molecule has 1 aromatic rings. The molecular formula is C20H32N4O2. The van der Waals surface area contributed by atoms with Gasteiger partial charge in [-0.1, -0.05) is 18.2 Å². The van der Waals surface area contributed by atoms with Gasteiger partial charge in [-0.3, -0.25) is 4.90 Å². The fourth-order valence-corrected chi connectivity index (χ4v) is 3.94. The van der Waals surface area contributed by atoms with Gasteiger partial charge in [0, 0.05) is 38.8 Å². The fraction of sp³-hybridized carbons (Fsp3) is 0.650. The maximum absolute atomic E-state index is 11.6. The van der Waals surface area contributed by atoms with Crippen LogP contribution in [-0.2, 0) is 6.42 Å². The SMILES string of the molecule is CC(C)Oc1ccccc1CCCC(C1CNC(=O)N1)N1CCNCC1. The molecule has 3 rings (SSSR count). The van der Waals surface area contributed by atoms with Crippen LogP contribution in [-0.4, -0.2) is 61.8 Å². The monoisotopic (exact) mass is 360 g/mol.